The summed E-state index contributed by atoms with van der Waals surface area (Å²) >= 11 is 0. The summed E-state index contributed by atoms with van der Waals surface area (Å²) in [4.78, 5) is 13.1. The van der Waals surface area contributed by atoms with Gasteiger partial charge in [0.1, 0.15) is 30.0 Å². The molecule has 0 radical (unpaired) electrons. The number of hydrogen-bond donors (Lipinski definition) is 2. The Kier molecular flexibility index (Phi) is 17.7. The molecule has 0 aliphatic carbocycles. The van der Waals surface area contributed by atoms with E-state index in [4.69, 9.17) is 33.2 Å². The molecule has 5 rings (SSSR count). The summed E-state index contributed by atoms with van der Waals surface area (Å²) < 4.78 is 45.7. The molecule has 59 heavy (non-hydrogen) atoms. The molecule has 10 nitrogen and oxygen atoms in total. The molecule has 0 aromatic heterocycles. The Morgan fingerprint density at radius 3 is 1.59 bits per heavy atom. The molecule has 0 bridgehead atoms. The highest BCUT2D eigenvalue weighted by Crippen LogP contribution is 2.32. The molecular weight excluding hydrogens is 747 g/mol. The van der Waals surface area contributed by atoms with E-state index in [0.29, 0.717) is 13.2 Å². The van der Waals surface area contributed by atoms with Crippen molar-refractivity contribution in [3.05, 3.63) is 156 Å². The Labute approximate surface area is 350 Å². The number of rotatable bonds is 20. The van der Waals surface area contributed by atoms with Crippen LogP contribution in [-0.4, -0.2) is 72.9 Å². The Morgan fingerprint density at radius 1 is 0.661 bits per heavy atom. The molecular formula is C49H63NO9. The third-order valence-electron chi connectivity index (χ3n) is 9.46. The van der Waals surface area contributed by atoms with Gasteiger partial charge in [-0.3, -0.25) is 0 Å². The van der Waals surface area contributed by atoms with Crippen LogP contribution in [0.4, 0.5) is 4.79 Å². The summed E-state index contributed by atoms with van der Waals surface area (Å²) in [5.41, 5.74) is 3.18. The summed E-state index contributed by atoms with van der Waals surface area (Å²) in [5.74, 6) is 0. The van der Waals surface area contributed by atoms with E-state index in [9.17, 15) is 9.90 Å². The van der Waals surface area contributed by atoms with Crippen molar-refractivity contribution in [1.29, 1.82) is 0 Å². The number of aliphatic hydroxyl groups is 1. The molecule has 1 aliphatic heterocycles. The van der Waals surface area contributed by atoms with Crippen molar-refractivity contribution in [1.82, 2.24) is 5.32 Å². The lowest BCUT2D eigenvalue weighted by atomic mass is 9.92. The number of aliphatic hydroxyl groups excluding tert-OH is 1. The predicted octanol–water partition coefficient (Wildman–Crippen LogP) is 8.95. The van der Waals surface area contributed by atoms with Crippen molar-refractivity contribution in [3.8, 4) is 0 Å². The Balaban J connectivity index is 1.48. The second-order valence-corrected chi connectivity index (χ2v) is 17.1. The topological polar surface area (TPSA) is 114 Å². The number of hydrogen-bond acceptors (Lipinski definition) is 9. The standard InChI is InChI=1S/C49H63NO9/c1-48(2,3)29-19-28-41(51)40(50-47(52)59-49(4,5)6)34-57-46-45(56-33-39-26-17-10-18-27-39)44(55-32-38-24-15-9-16-25-38)43(54-31-37-22-13-8-14-23-37)42(58-46)35-53-30-36-20-11-7-12-21-36/h7-28,40-46,51H,29-35H2,1-6H3,(H,50,52)/b28-19+/t40-,41+,42?,43?,44?,45?,46?/m0/s1. The molecule has 1 saturated heterocycles. The lowest BCUT2D eigenvalue weighted by Gasteiger charge is -2.46. The number of carbonyl (C=O) groups is 1. The number of amides is 1. The van der Waals surface area contributed by atoms with Gasteiger partial charge in [-0.05, 0) is 54.9 Å². The van der Waals surface area contributed by atoms with Crippen molar-refractivity contribution < 1.29 is 43.1 Å². The molecule has 1 aliphatic rings. The van der Waals surface area contributed by atoms with Gasteiger partial charge in [-0.2, -0.15) is 0 Å². The van der Waals surface area contributed by atoms with Crippen molar-refractivity contribution in [2.24, 2.45) is 5.41 Å². The summed E-state index contributed by atoms with van der Waals surface area (Å²) in [6.07, 6.45) is -1.34. The normalized spacial score (nSPS) is 20.9. The van der Waals surface area contributed by atoms with E-state index in [1.807, 2.05) is 127 Å². The molecule has 0 saturated carbocycles. The highest BCUT2D eigenvalue weighted by molar-refractivity contribution is 5.68. The monoisotopic (exact) mass is 809 g/mol. The van der Waals surface area contributed by atoms with Gasteiger partial charge in [0.2, 0.25) is 0 Å². The van der Waals surface area contributed by atoms with Crippen molar-refractivity contribution >= 4 is 6.09 Å². The van der Waals surface area contributed by atoms with E-state index in [2.05, 4.69) is 26.1 Å². The van der Waals surface area contributed by atoms with Crippen LogP contribution in [-0.2, 0) is 59.6 Å². The van der Waals surface area contributed by atoms with Crippen LogP contribution in [0.15, 0.2) is 133 Å². The molecule has 4 aromatic carbocycles. The smallest absolute Gasteiger partial charge is 0.408 e. The molecule has 0 spiro atoms. The summed E-state index contributed by atoms with van der Waals surface area (Å²) in [6, 6.07) is 38.8. The van der Waals surface area contributed by atoms with Gasteiger partial charge in [0, 0.05) is 0 Å². The van der Waals surface area contributed by atoms with Crippen molar-refractivity contribution in [2.75, 3.05) is 13.2 Å². The van der Waals surface area contributed by atoms with Gasteiger partial charge in [0.15, 0.2) is 6.29 Å². The third-order valence-corrected chi connectivity index (χ3v) is 9.46. The first-order valence-electron chi connectivity index (χ1n) is 20.5. The van der Waals surface area contributed by atoms with Crippen LogP contribution in [0.1, 0.15) is 70.2 Å². The predicted molar refractivity (Wildman–Crippen MR) is 228 cm³/mol. The Hall–Kier alpha value is -4.39. The van der Waals surface area contributed by atoms with E-state index in [0.717, 1.165) is 28.7 Å². The Morgan fingerprint density at radius 2 is 1.12 bits per heavy atom. The van der Waals surface area contributed by atoms with E-state index in [1.165, 1.54) is 0 Å². The maximum Gasteiger partial charge on any atom is 0.408 e. The lowest BCUT2D eigenvalue weighted by molar-refractivity contribution is -0.329. The maximum atomic E-state index is 13.1. The van der Waals surface area contributed by atoms with Gasteiger partial charge in [-0.1, -0.05) is 154 Å². The van der Waals surface area contributed by atoms with E-state index < -0.39 is 54.5 Å². The molecule has 318 valence electrons. The maximum absolute atomic E-state index is 13.1. The zero-order valence-corrected chi connectivity index (χ0v) is 35.4. The average molecular weight is 810 g/mol. The number of nitrogens with one attached hydrogen (secondary N) is 1. The third kappa shape index (κ3) is 16.3. The van der Waals surface area contributed by atoms with Gasteiger partial charge in [-0.15, -0.1) is 0 Å². The molecule has 5 unspecified atom stereocenters. The first-order valence-corrected chi connectivity index (χ1v) is 20.5. The van der Waals surface area contributed by atoms with Gasteiger partial charge in [0.05, 0.1) is 51.8 Å². The quantitative estimate of drug-likeness (QED) is 0.0845. The largest absolute Gasteiger partial charge is 0.444 e. The van der Waals surface area contributed by atoms with Gasteiger partial charge >= 0.3 is 6.09 Å². The second-order valence-electron chi connectivity index (χ2n) is 17.1. The fourth-order valence-corrected chi connectivity index (χ4v) is 6.46. The van der Waals surface area contributed by atoms with Crippen LogP contribution in [0.3, 0.4) is 0 Å². The number of benzene rings is 4. The lowest BCUT2D eigenvalue weighted by Crippen LogP contribution is -2.62. The van der Waals surface area contributed by atoms with E-state index >= 15 is 0 Å². The number of ether oxygens (including phenoxy) is 7. The first-order chi connectivity index (χ1) is 28.3. The van der Waals surface area contributed by atoms with Gasteiger partial charge < -0.3 is 43.6 Å². The summed E-state index contributed by atoms with van der Waals surface area (Å²) in [7, 11) is 0. The van der Waals surface area contributed by atoms with E-state index in [-0.39, 0.29) is 31.8 Å². The minimum absolute atomic E-state index is 0.00550. The van der Waals surface area contributed by atoms with Gasteiger partial charge in [-0.25, -0.2) is 4.79 Å². The molecule has 1 heterocycles. The van der Waals surface area contributed by atoms with E-state index in [1.54, 1.807) is 26.8 Å². The molecule has 1 fully saturated rings. The molecule has 4 aromatic rings. The minimum Gasteiger partial charge on any atom is -0.444 e. The number of alkyl carbamates (subject to hydrolysis) is 1. The van der Waals surface area contributed by atoms with Crippen LogP contribution < -0.4 is 5.32 Å². The molecule has 2 N–H and O–H groups in total. The zero-order chi connectivity index (χ0) is 42.1. The SMILES string of the molecule is CC(C)(C)C/C=C/[C@@H](O)[C@H](COC1OC(COCc2ccccc2)C(OCc2ccccc2)C(OCc2ccccc2)C1OCc1ccccc1)NC(=O)OC(C)(C)C. The Bertz CT molecular complexity index is 1800. The molecule has 7 atom stereocenters. The summed E-state index contributed by atoms with van der Waals surface area (Å²) in [5, 5.41) is 14.3. The molecule has 10 heteroatoms. The second kappa shape index (κ2) is 22.8. The van der Waals surface area contributed by atoms with Crippen LogP contribution >= 0.6 is 0 Å². The first kappa shape index (κ1) is 45.7. The molecule has 1 amide bonds. The van der Waals surface area contributed by atoms with Crippen molar-refractivity contribution in [3.63, 3.8) is 0 Å². The van der Waals surface area contributed by atoms with Crippen molar-refractivity contribution in [2.45, 2.75) is 123 Å². The van der Waals surface area contributed by atoms with Crippen LogP contribution in [0.2, 0.25) is 0 Å². The van der Waals surface area contributed by atoms with Crippen LogP contribution in [0.5, 0.6) is 0 Å². The number of allylic oxidation sites excluding steroid dienone is 1. The highest BCUT2D eigenvalue weighted by atomic mass is 16.7. The van der Waals surface area contributed by atoms with Crippen LogP contribution in [0.25, 0.3) is 0 Å². The highest BCUT2D eigenvalue weighted by Gasteiger charge is 2.49. The van der Waals surface area contributed by atoms with Crippen LogP contribution in [0, 0.1) is 5.41 Å². The number of carbonyl (C=O) groups excluding carboxylic acids is 1. The summed E-state index contributed by atoms with van der Waals surface area (Å²) in [6.45, 7) is 12.9. The fraction of sp³-hybridized carbons (Fsp3) is 0.449. The fourth-order valence-electron chi connectivity index (χ4n) is 6.46. The minimum atomic E-state index is -1.10. The average Bonchev–Trinajstić information content (AvgIpc) is 3.21. The van der Waals surface area contributed by atoms with Gasteiger partial charge in [0.25, 0.3) is 0 Å². The zero-order valence-electron chi connectivity index (χ0n) is 35.4.